The number of benzene rings is 1. The van der Waals surface area contributed by atoms with Gasteiger partial charge in [0, 0.05) is 22.2 Å². The molecule has 0 fully saturated rings. The molecule has 2 rings (SSSR count). The molecule has 1 heterocycles. The monoisotopic (exact) mass is 354 g/mol. The molecule has 0 saturated carbocycles. The number of halogens is 1. The zero-order chi connectivity index (χ0) is 17.9. The smallest absolute Gasteiger partial charge is 0.431 e. The zero-order valence-corrected chi connectivity index (χ0v) is 14.6. The minimum Gasteiger partial charge on any atom is -0.451 e. The van der Waals surface area contributed by atoms with E-state index in [1.54, 1.807) is 45.2 Å². The number of hydrogen-bond donors (Lipinski definition) is 1. The third-order valence-electron chi connectivity index (χ3n) is 3.01. The van der Waals surface area contributed by atoms with E-state index in [0.717, 1.165) is 5.39 Å². The normalized spacial score (nSPS) is 11.4. The maximum atomic E-state index is 12.4. The van der Waals surface area contributed by atoms with Gasteiger partial charge >= 0.3 is 12.2 Å². The summed E-state index contributed by atoms with van der Waals surface area (Å²) < 4.78 is 11.2. The Bertz CT molecular complexity index is 764. The van der Waals surface area contributed by atoms with Crippen LogP contribution in [0.5, 0.6) is 0 Å². The van der Waals surface area contributed by atoms with Gasteiger partial charge in [-0.15, -0.1) is 0 Å². The van der Waals surface area contributed by atoms with Crippen LogP contribution in [-0.4, -0.2) is 29.5 Å². The zero-order valence-electron chi connectivity index (χ0n) is 13.9. The SMILES string of the molecule is COC(=O)NOCc1cn(C(=O)OC(C)(C)C)c2ccc(Cl)cc12. The maximum absolute atomic E-state index is 12.4. The Hall–Kier alpha value is -2.25. The molecule has 1 aromatic heterocycles. The summed E-state index contributed by atoms with van der Waals surface area (Å²) in [6, 6.07) is 5.12. The second kappa shape index (κ2) is 7.11. The van der Waals surface area contributed by atoms with Crippen molar-refractivity contribution in [2.75, 3.05) is 7.11 Å². The highest BCUT2D eigenvalue weighted by atomic mass is 35.5. The van der Waals surface area contributed by atoms with Gasteiger partial charge in [0.15, 0.2) is 0 Å². The minimum atomic E-state index is -0.719. The molecule has 7 nitrogen and oxygen atoms in total. The van der Waals surface area contributed by atoms with Crippen molar-refractivity contribution in [3.63, 3.8) is 0 Å². The quantitative estimate of drug-likeness (QED) is 0.846. The number of ether oxygens (including phenoxy) is 2. The lowest BCUT2D eigenvalue weighted by molar-refractivity contribution is 0.0253. The van der Waals surface area contributed by atoms with Crippen molar-refractivity contribution < 1.29 is 23.9 Å². The number of hydroxylamine groups is 1. The number of carbonyl (C=O) groups excluding carboxylic acids is 2. The van der Waals surface area contributed by atoms with E-state index in [4.69, 9.17) is 21.2 Å². The molecule has 1 amide bonds. The highest BCUT2D eigenvalue weighted by Crippen LogP contribution is 2.26. The number of rotatable bonds is 3. The van der Waals surface area contributed by atoms with Crippen LogP contribution in [0.15, 0.2) is 24.4 Å². The third-order valence-corrected chi connectivity index (χ3v) is 3.24. The Morgan fingerprint density at radius 1 is 1.29 bits per heavy atom. The summed E-state index contributed by atoms with van der Waals surface area (Å²) >= 11 is 6.04. The van der Waals surface area contributed by atoms with Crippen LogP contribution in [-0.2, 0) is 20.9 Å². The first-order valence-corrected chi connectivity index (χ1v) is 7.57. The third kappa shape index (κ3) is 4.39. The molecule has 24 heavy (non-hydrogen) atoms. The molecule has 2 aromatic rings. The number of nitrogens with zero attached hydrogens (tertiary/aromatic N) is 1. The average Bonchev–Trinajstić information content (AvgIpc) is 2.83. The molecular weight excluding hydrogens is 336 g/mol. The summed E-state index contributed by atoms with van der Waals surface area (Å²) in [4.78, 5) is 28.5. The molecular formula is C16H19ClN2O5. The Morgan fingerprint density at radius 2 is 2.00 bits per heavy atom. The summed E-state index contributed by atoms with van der Waals surface area (Å²) in [5.41, 5.74) is 2.79. The molecule has 0 saturated heterocycles. The highest BCUT2D eigenvalue weighted by Gasteiger charge is 2.21. The number of fused-ring (bicyclic) bond motifs is 1. The van der Waals surface area contributed by atoms with Gasteiger partial charge < -0.3 is 9.47 Å². The van der Waals surface area contributed by atoms with Crippen molar-refractivity contribution >= 4 is 34.7 Å². The predicted molar refractivity (Wildman–Crippen MR) is 88.9 cm³/mol. The molecule has 0 spiro atoms. The molecule has 0 aliphatic rings. The number of methoxy groups -OCH3 is 1. The lowest BCUT2D eigenvalue weighted by Gasteiger charge is -2.19. The molecule has 0 bridgehead atoms. The first-order valence-electron chi connectivity index (χ1n) is 7.20. The van der Waals surface area contributed by atoms with Gasteiger partial charge in [-0.25, -0.2) is 9.59 Å². The van der Waals surface area contributed by atoms with Crippen molar-refractivity contribution in [1.29, 1.82) is 0 Å². The largest absolute Gasteiger partial charge is 0.451 e. The second-order valence-corrected chi connectivity index (χ2v) is 6.48. The van der Waals surface area contributed by atoms with Crippen molar-refractivity contribution in [2.45, 2.75) is 33.0 Å². The van der Waals surface area contributed by atoms with Crippen LogP contribution < -0.4 is 5.48 Å². The number of hydrogen-bond acceptors (Lipinski definition) is 5. The molecule has 0 unspecified atom stereocenters. The fourth-order valence-corrected chi connectivity index (χ4v) is 2.23. The molecule has 8 heteroatoms. The Morgan fingerprint density at radius 3 is 2.62 bits per heavy atom. The van der Waals surface area contributed by atoms with Crippen LogP contribution in [0.1, 0.15) is 26.3 Å². The standard InChI is InChI=1S/C16H19ClN2O5/c1-16(2,3)24-15(21)19-8-10(9-23-18-14(20)22-4)12-7-11(17)5-6-13(12)19/h5-8H,9H2,1-4H3,(H,18,20). The molecule has 0 atom stereocenters. The Kier molecular flexibility index (Phi) is 5.36. The molecule has 1 N–H and O–H groups in total. The van der Waals surface area contributed by atoms with Crippen molar-refractivity contribution in [1.82, 2.24) is 10.0 Å². The van der Waals surface area contributed by atoms with Crippen molar-refractivity contribution in [3.8, 4) is 0 Å². The van der Waals surface area contributed by atoms with E-state index < -0.39 is 17.8 Å². The van der Waals surface area contributed by atoms with Gasteiger partial charge in [0.05, 0.1) is 12.6 Å². The van der Waals surface area contributed by atoms with Gasteiger partial charge in [-0.3, -0.25) is 9.40 Å². The number of aromatic nitrogens is 1. The summed E-state index contributed by atoms with van der Waals surface area (Å²) in [5, 5.41) is 1.24. The summed E-state index contributed by atoms with van der Waals surface area (Å²) in [5.74, 6) is 0. The van der Waals surface area contributed by atoms with Crippen molar-refractivity contribution in [3.05, 3.63) is 35.0 Å². The predicted octanol–water partition coefficient (Wildman–Crippen LogP) is 3.87. The maximum Gasteiger partial charge on any atom is 0.431 e. The van der Waals surface area contributed by atoms with E-state index in [0.29, 0.717) is 16.1 Å². The van der Waals surface area contributed by atoms with Crippen LogP contribution in [0.4, 0.5) is 9.59 Å². The Labute approximate surface area is 144 Å². The number of nitrogens with one attached hydrogen (secondary N) is 1. The summed E-state index contributed by atoms with van der Waals surface area (Å²) in [7, 11) is 1.23. The van der Waals surface area contributed by atoms with Crippen LogP contribution in [0.2, 0.25) is 5.02 Å². The van der Waals surface area contributed by atoms with Gasteiger partial charge in [-0.2, -0.15) is 5.48 Å². The minimum absolute atomic E-state index is 0.0295. The summed E-state index contributed by atoms with van der Waals surface area (Å²) in [6.45, 7) is 5.40. The second-order valence-electron chi connectivity index (χ2n) is 6.05. The van der Waals surface area contributed by atoms with E-state index in [1.165, 1.54) is 11.7 Å². The number of amides is 1. The van der Waals surface area contributed by atoms with E-state index >= 15 is 0 Å². The van der Waals surface area contributed by atoms with Crippen LogP contribution in [0, 0.1) is 0 Å². The van der Waals surface area contributed by atoms with E-state index in [9.17, 15) is 9.59 Å². The summed E-state index contributed by atoms with van der Waals surface area (Å²) in [6.07, 6.45) is 0.361. The highest BCUT2D eigenvalue weighted by molar-refractivity contribution is 6.31. The van der Waals surface area contributed by atoms with E-state index in [1.807, 2.05) is 0 Å². The molecule has 0 aliphatic heterocycles. The fourth-order valence-electron chi connectivity index (χ4n) is 2.06. The van der Waals surface area contributed by atoms with Gasteiger partial charge in [0.1, 0.15) is 12.2 Å². The van der Waals surface area contributed by atoms with Gasteiger partial charge in [-0.1, -0.05) is 11.6 Å². The lowest BCUT2D eigenvalue weighted by atomic mass is 10.2. The van der Waals surface area contributed by atoms with Gasteiger partial charge in [-0.05, 0) is 39.0 Å². The molecule has 1 aromatic carbocycles. The van der Waals surface area contributed by atoms with Gasteiger partial charge in [0.2, 0.25) is 0 Å². The van der Waals surface area contributed by atoms with Crippen molar-refractivity contribution in [2.24, 2.45) is 0 Å². The fraction of sp³-hybridized carbons (Fsp3) is 0.375. The van der Waals surface area contributed by atoms with E-state index in [2.05, 4.69) is 10.2 Å². The van der Waals surface area contributed by atoms with Crippen LogP contribution >= 0.6 is 11.6 Å². The number of carbonyl (C=O) groups is 2. The van der Waals surface area contributed by atoms with Crippen LogP contribution in [0.3, 0.4) is 0 Å². The van der Waals surface area contributed by atoms with Crippen LogP contribution in [0.25, 0.3) is 10.9 Å². The molecule has 0 radical (unpaired) electrons. The molecule has 130 valence electrons. The van der Waals surface area contributed by atoms with E-state index in [-0.39, 0.29) is 6.61 Å². The topological polar surface area (TPSA) is 78.8 Å². The lowest BCUT2D eigenvalue weighted by Crippen LogP contribution is -2.26. The first-order chi connectivity index (χ1) is 11.2. The molecule has 0 aliphatic carbocycles. The Balaban J connectivity index is 2.32. The average molecular weight is 355 g/mol. The van der Waals surface area contributed by atoms with Gasteiger partial charge in [0.25, 0.3) is 0 Å². The first kappa shape index (κ1) is 18.1.